The molecule has 1 amide bonds. The number of hydrogen-bond donors (Lipinski definition) is 3. The zero-order valence-corrected chi connectivity index (χ0v) is 12.3. The molecule has 0 spiro atoms. The highest BCUT2D eigenvalue weighted by Gasteiger charge is 2.27. The van der Waals surface area contributed by atoms with Gasteiger partial charge in [-0.05, 0) is 23.6 Å². The highest BCUT2D eigenvalue weighted by molar-refractivity contribution is 5.82. The summed E-state index contributed by atoms with van der Waals surface area (Å²) in [5.74, 6) is -0.0582. The number of amides is 1. The number of nitrogens with zero attached hydrogens (tertiary/aromatic N) is 2. The van der Waals surface area contributed by atoms with E-state index in [0.29, 0.717) is 19.5 Å². The smallest absolute Gasteiger partial charge is 0.237 e. The fraction of sp³-hybridized carbons (Fsp3) is 0.375. The molecule has 1 fully saturated rings. The van der Waals surface area contributed by atoms with Crippen LogP contribution in [-0.4, -0.2) is 39.5 Å². The Morgan fingerprint density at radius 2 is 2.14 bits per heavy atom. The van der Waals surface area contributed by atoms with Crippen LogP contribution < -0.4 is 10.6 Å². The lowest BCUT2D eigenvalue weighted by atomic mass is 10.1. The van der Waals surface area contributed by atoms with Crippen molar-refractivity contribution in [2.75, 3.05) is 6.54 Å². The van der Waals surface area contributed by atoms with Gasteiger partial charge in [-0.3, -0.25) is 9.48 Å². The van der Waals surface area contributed by atoms with E-state index < -0.39 is 6.10 Å². The monoisotopic (exact) mass is 300 g/mol. The standard InChI is InChI=1S/C16H20N4O2/c21-14-8-15(17-10-14)16(22)18-9-12-2-4-13(5-3-12)11-20-7-1-6-19-20/h1-7,14-15,17,21H,8-11H2,(H,18,22)/t14-,15-/m0/s1. The van der Waals surface area contributed by atoms with Crippen LogP contribution in [-0.2, 0) is 17.9 Å². The maximum atomic E-state index is 11.9. The number of benzene rings is 1. The van der Waals surface area contributed by atoms with E-state index >= 15 is 0 Å². The first-order valence-corrected chi connectivity index (χ1v) is 7.45. The lowest BCUT2D eigenvalue weighted by Crippen LogP contribution is -2.39. The van der Waals surface area contributed by atoms with Gasteiger partial charge in [0.2, 0.25) is 5.91 Å². The van der Waals surface area contributed by atoms with Crippen molar-refractivity contribution >= 4 is 5.91 Å². The minimum atomic E-state index is -0.419. The SMILES string of the molecule is O=C(NCc1ccc(Cn2cccn2)cc1)[C@@H]1C[C@H](O)CN1. The van der Waals surface area contributed by atoms with Crippen LogP contribution in [0.2, 0.25) is 0 Å². The molecule has 0 saturated carbocycles. The first kappa shape index (κ1) is 14.7. The van der Waals surface area contributed by atoms with Gasteiger partial charge in [0.15, 0.2) is 0 Å². The van der Waals surface area contributed by atoms with Crippen LogP contribution in [0, 0.1) is 0 Å². The second-order valence-corrected chi connectivity index (χ2v) is 5.59. The molecule has 2 heterocycles. The summed E-state index contributed by atoms with van der Waals surface area (Å²) in [6.45, 7) is 1.72. The summed E-state index contributed by atoms with van der Waals surface area (Å²) in [7, 11) is 0. The molecule has 1 aliphatic heterocycles. The Morgan fingerprint density at radius 3 is 2.77 bits per heavy atom. The van der Waals surface area contributed by atoms with E-state index in [4.69, 9.17) is 0 Å². The van der Waals surface area contributed by atoms with E-state index in [1.807, 2.05) is 41.2 Å². The van der Waals surface area contributed by atoms with Crippen molar-refractivity contribution in [2.45, 2.75) is 31.7 Å². The molecule has 1 saturated heterocycles. The minimum absolute atomic E-state index is 0.0582. The summed E-state index contributed by atoms with van der Waals surface area (Å²) in [5, 5.41) is 19.5. The Bertz CT molecular complexity index is 610. The van der Waals surface area contributed by atoms with Crippen molar-refractivity contribution in [2.24, 2.45) is 0 Å². The molecule has 3 N–H and O–H groups in total. The van der Waals surface area contributed by atoms with Crippen LogP contribution in [0.5, 0.6) is 0 Å². The van der Waals surface area contributed by atoms with Crippen molar-refractivity contribution in [3.63, 3.8) is 0 Å². The molecule has 6 heteroatoms. The number of carbonyl (C=O) groups is 1. The molecule has 2 atom stereocenters. The van der Waals surface area contributed by atoms with Crippen molar-refractivity contribution in [3.05, 3.63) is 53.9 Å². The summed E-state index contributed by atoms with van der Waals surface area (Å²) in [4.78, 5) is 11.9. The third kappa shape index (κ3) is 3.72. The summed E-state index contributed by atoms with van der Waals surface area (Å²) < 4.78 is 1.87. The van der Waals surface area contributed by atoms with E-state index in [-0.39, 0.29) is 11.9 Å². The molecular weight excluding hydrogens is 280 g/mol. The second-order valence-electron chi connectivity index (χ2n) is 5.59. The van der Waals surface area contributed by atoms with Gasteiger partial charge in [0.25, 0.3) is 0 Å². The lowest BCUT2D eigenvalue weighted by molar-refractivity contribution is -0.123. The van der Waals surface area contributed by atoms with Crippen LogP contribution >= 0.6 is 0 Å². The fourth-order valence-electron chi connectivity index (χ4n) is 2.57. The van der Waals surface area contributed by atoms with Crippen molar-refractivity contribution in [1.29, 1.82) is 0 Å². The zero-order chi connectivity index (χ0) is 15.4. The van der Waals surface area contributed by atoms with Gasteiger partial charge in [-0.15, -0.1) is 0 Å². The Labute approximate surface area is 129 Å². The molecule has 1 aliphatic rings. The molecule has 116 valence electrons. The van der Waals surface area contributed by atoms with Gasteiger partial charge in [0.05, 0.1) is 18.7 Å². The number of aromatic nitrogens is 2. The average Bonchev–Trinajstić information content (AvgIpc) is 3.18. The predicted octanol–water partition coefficient (Wildman–Crippen LogP) is 0.270. The van der Waals surface area contributed by atoms with E-state index in [1.165, 1.54) is 5.56 Å². The Morgan fingerprint density at radius 1 is 1.36 bits per heavy atom. The molecule has 0 bridgehead atoms. The normalized spacial score (nSPS) is 21.0. The molecule has 0 radical (unpaired) electrons. The third-order valence-electron chi connectivity index (χ3n) is 3.82. The first-order chi connectivity index (χ1) is 10.7. The van der Waals surface area contributed by atoms with Crippen LogP contribution in [0.25, 0.3) is 0 Å². The molecule has 3 rings (SSSR count). The second kappa shape index (κ2) is 6.72. The van der Waals surface area contributed by atoms with Gasteiger partial charge in [0.1, 0.15) is 0 Å². The summed E-state index contributed by atoms with van der Waals surface area (Å²) >= 11 is 0. The highest BCUT2D eigenvalue weighted by atomic mass is 16.3. The molecule has 22 heavy (non-hydrogen) atoms. The lowest BCUT2D eigenvalue weighted by Gasteiger charge is -2.11. The Balaban J connectivity index is 1.49. The van der Waals surface area contributed by atoms with Crippen LogP contribution in [0.1, 0.15) is 17.5 Å². The molecule has 1 aromatic heterocycles. The van der Waals surface area contributed by atoms with Crippen molar-refractivity contribution in [1.82, 2.24) is 20.4 Å². The topological polar surface area (TPSA) is 79.2 Å². The quantitative estimate of drug-likeness (QED) is 0.740. The highest BCUT2D eigenvalue weighted by Crippen LogP contribution is 2.08. The minimum Gasteiger partial charge on any atom is -0.392 e. The van der Waals surface area contributed by atoms with Crippen LogP contribution in [0.4, 0.5) is 0 Å². The average molecular weight is 300 g/mol. The largest absolute Gasteiger partial charge is 0.392 e. The predicted molar refractivity (Wildman–Crippen MR) is 82.0 cm³/mol. The number of rotatable bonds is 5. The summed E-state index contributed by atoms with van der Waals surface area (Å²) in [5.41, 5.74) is 2.22. The first-order valence-electron chi connectivity index (χ1n) is 7.45. The van der Waals surface area contributed by atoms with Crippen molar-refractivity contribution < 1.29 is 9.90 Å². The zero-order valence-electron chi connectivity index (χ0n) is 12.3. The van der Waals surface area contributed by atoms with Gasteiger partial charge < -0.3 is 15.7 Å². The van der Waals surface area contributed by atoms with Gasteiger partial charge in [-0.1, -0.05) is 24.3 Å². The summed E-state index contributed by atoms with van der Waals surface area (Å²) in [6, 6.07) is 9.72. The van der Waals surface area contributed by atoms with Gasteiger partial charge in [0, 0.05) is 25.5 Å². The number of hydrogen-bond acceptors (Lipinski definition) is 4. The Hall–Kier alpha value is -2.18. The van der Waals surface area contributed by atoms with Gasteiger partial charge in [-0.25, -0.2) is 0 Å². The number of aliphatic hydroxyl groups is 1. The molecule has 2 aromatic rings. The molecular formula is C16H20N4O2. The van der Waals surface area contributed by atoms with E-state index in [1.54, 1.807) is 6.20 Å². The molecule has 0 unspecified atom stereocenters. The number of β-amino-alcohol motifs (C(OH)–C–C–N with tert-alkyl or cyclic N) is 1. The summed E-state index contributed by atoms with van der Waals surface area (Å²) in [6.07, 6.45) is 3.75. The molecule has 0 aliphatic carbocycles. The van der Waals surface area contributed by atoms with E-state index in [9.17, 15) is 9.90 Å². The Kier molecular flexibility index (Phi) is 4.50. The van der Waals surface area contributed by atoms with Crippen LogP contribution in [0.3, 0.4) is 0 Å². The third-order valence-corrected chi connectivity index (χ3v) is 3.82. The maximum Gasteiger partial charge on any atom is 0.237 e. The number of aliphatic hydroxyl groups excluding tert-OH is 1. The van der Waals surface area contributed by atoms with E-state index in [2.05, 4.69) is 15.7 Å². The molecule has 1 aromatic carbocycles. The van der Waals surface area contributed by atoms with Crippen LogP contribution in [0.15, 0.2) is 42.7 Å². The fourth-order valence-corrected chi connectivity index (χ4v) is 2.57. The molecule has 6 nitrogen and oxygen atoms in total. The number of nitrogens with one attached hydrogen (secondary N) is 2. The van der Waals surface area contributed by atoms with Crippen molar-refractivity contribution in [3.8, 4) is 0 Å². The number of carbonyl (C=O) groups excluding carboxylic acids is 1. The van der Waals surface area contributed by atoms with Gasteiger partial charge >= 0.3 is 0 Å². The van der Waals surface area contributed by atoms with Gasteiger partial charge in [-0.2, -0.15) is 5.10 Å². The maximum absolute atomic E-state index is 11.9. The van der Waals surface area contributed by atoms with E-state index in [0.717, 1.165) is 12.1 Å².